The smallest absolute Gasteiger partial charge is 0.337 e. The number of hydrogen-bond donors (Lipinski definition) is 3. The number of nitrogens with two attached hydrogens (primary N) is 1. The first kappa shape index (κ1) is 13.6. The molecular weight excluding hydrogens is 270 g/mol. The molecular formula is C11H15N3O4S. The first-order valence-electron chi connectivity index (χ1n) is 5.84. The van der Waals surface area contributed by atoms with E-state index in [0.717, 1.165) is 0 Å². The second-order valence-electron chi connectivity index (χ2n) is 4.48. The lowest BCUT2D eigenvalue weighted by Crippen LogP contribution is -2.25. The molecule has 1 aliphatic heterocycles. The number of anilines is 2. The van der Waals surface area contributed by atoms with Crippen LogP contribution >= 0.6 is 0 Å². The average molecular weight is 285 g/mol. The summed E-state index contributed by atoms with van der Waals surface area (Å²) in [5.74, 6) is -0.573. The molecule has 0 spiro atoms. The van der Waals surface area contributed by atoms with Gasteiger partial charge in [0.2, 0.25) is 0 Å². The van der Waals surface area contributed by atoms with Gasteiger partial charge in [0.05, 0.1) is 22.3 Å². The standard InChI is InChI=1S/C11H15N3O4S/c12-9-4-7(11(15)16)5-13-10(9)14-6-8-2-1-3-19(8,17)18/h4-5,8H,1-3,6,12H2,(H,13,14)(H,15,16). The highest BCUT2D eigenvalue weighted by atomic mass is 32.2. The number of pyridine rings is 1. The maximum absolute atomic E-state index is 11.6. The van der Waals surface area contributed by atoms with E-state index < -0.39 is 21.1 Å². The van der Waals surface area contributed by atoms with Crippen molar-refractivity contribution in [3.05, 3.63) is 17.8 Å². The van der Waals surface area contributed by atoms with Crippen molar-refractivity contribution in [1.29, 1.82) is 0 Å². The average Bonchev–Trinajstić information content (AvgIpc) is 2.66. The Morgan fingerprint density at radius 2 is 2.32 bits per heavy atom. The minimum absolute atomic E-state index is 0.00321. The number of aromatic nitrogens is 1. The van der Waals surface area contributed by atoms with Crippen molar-refractivity contribution >= 4 is 27.3 Å². The Balaban J connectivity index is 2.06. The first-order valence-corrected chi connectivity index (χ1v) is 7.56. The third-order valence-electron chi connectivity index (χ3n) is 3.12. The van der Waals surface area contributed by atoms with Crippen LogP contribution < -0.4 is 11.1 Å². The first-order chi connectivity index (χ1) is 8.90. The number of carboxylic acid groups (broad SMARTS) is 1. The summed E-state index contributed by atoms with van der Waals surface area (Å²) in [4.78, 5) is 14.6. The van der Waals surface area contributed by atoms with Crippen LogP contribution in [0.2, 0.25) is 0 Å². The molecule has 19 heavy (non-hydrogen) atoms. The van der Waals surface area contributed by atoms with E-state index in [9.17, 15) is 13.2 Å². The Bertz CT molecular complexity index is 600. The lowest BCUT2D eigenvalue weighted by molar-refractivity contribution is 0.0696. The van der Waals surface area contributed by atoms with Crippen LogP contribution in [-0.2, 0) is 9.84 Å². The van der Waals surface area contributed by atoms with Gasteiger partial charge in [-0.3, -0.25) is 0 Å². The van der Waals surface area contributed by atoms with Crippen LogP contribution in [0.4, 0.5) is 11.5 Å². The van der Waals surface area contributed by atoms with Crippen molar-refractivity contribution in [2.24, 2.45) is 0 Å². The van der Waals surface area contributed by atoms with E-state index >= 15 is 0 Å². The van der Waals surface area contributed by atoms with Gasteiger partial charge in [0.15, 0.2) is 9.84 Å². The van der Waals surface area contributed by atoms with E-state index in [4.69, 9.17) is 10.8 Å². The molecule has 1 atom stereocenters. The van der Waals surface area contributed by atoms with E-state index in [1.165, 1.54) is 12.3 Å². The summed E-state index contributed by atoms with van der Waals surface area (Å²) in [5.41, 5.74) is 5.86. The lowest BCUT2D eigenvalue weighted by Gasteiger charge is -2.12. The molecule has 1 unspecified atom stereocenters. The second-order valence-corrected chi connectivity index (χ2v) is 6.88. The maximum Gasteiger partial charge on any atom is 0.337 e. The zero-order valence-corrected chi connectivity index (χ0v) is 11.0. The van der Waals surface area contributed by atoms with Gasteiger partial charge in [-0.2, -0.15) is 0 Å². The van der Waals surface area contributed by atoms with Gasteiger partial charge in [-0.25, -0.2) is 18.2 Å². The van der Waals surface area contributed by atoms with Crippen molar-refractivity contribution in [3.8, 4) is 0 Å². The van der Waals surface area contributed by atoms with Crippen LogP contribution in [-0.4, -0.2) is 42.0 Å². The molecule has 4 N–H and O–H groups in total. The fourth-order valence-electron chi connectivity index (χ4n) is 2.04. The van der Waals surface area contributed by atoms with E-state index in [1.54, 1.807) is 0 Å². The van der Waals surface area contributed by atoms with Crippen LogP contribution in [0, 0.1) is 0 Å². The number of carbonyl (C=O) groups is 1. The van der Waals surface area contributed by atoms with Crippen LogP contribution in [0.25, 0.3) is 0 Å². The molecule has 1 saturated heterocycles. The zero-order chi connectivity index (χ0) is 14.0. The third-order valence-corrected chi connectivity index (χ3v) is 5.40. The molecule has 0 amide bonds. The van der Waals surface area contributed by atoms with Gasteiger partial charge in [-0.1, -0.05) is 0 Å². The Labute approximate surface area is 110 Å². The molecule has 1 fully saturated rings. The minimum atomic E-state index is -3.02. The molecule has 104 valence electrons. The van der Waals surface area contributed by atoms with E-state index in [0.29, 0.717) is 18.7 Å². The topological polar surface area (TPSA) is 122 Å². The lowest BCUT2D eigenvalue weighted by atomic mass is 10.2. The Morgan fingerprint density at radius 1 is 1.58 bits per heavy atom. The number of nitrogens with zero attached hydrogens (tertiary/aromatic N) is 1. The number of carboxylic acids is 1. The maximum atomic E-state index is 11.6. The Hall–Kier alpha value is -1.83. The number of aromatic carboxylic acids is 1. The van der Waals surface area contributed by atoms with Crippen molar-refractivity contribution < 1.29 is 18.3 Å². The third kappa shape index (κ3) is 2.95. The highest BCUT2D eigenvalue weighted by Gasteiger charge is 2.31. The fraction of sp³-hybridized carbons (Fsp3) is 0.455. The quantitative estimate of drug-likeness (QED) is 0.729. The molecule has 0 aromatic carbocycles. The second kappa shape index (κ2) is 5.04. The predicted molar refractivity (Wildman–Crippen MR) is 70.9 cm³/mol. The van der Waals surface area contributed by atoms with E-state index in [-0.39, 0.29) is 23.5 Å². The van der Waals surface area contributed by atoms with Crippen LogP contribution in [0.15, 0.2) is 12.3 Å². The molecule has 2 heterocycles. The van der Waals surface area contributed by atoms with Crippen LogP contribution in [0.5, 0.6) is 0 Å². The van der Waals surface area contributed by atoms with Crippen molar-refractivity contribution in [2.45, 2.75) is 18.1 Å². The molecule has 8 heteroatoms. The van der Waals surface area contributed by atoms with Gasteiger partial charge in [0.25, 0.3) is 0 Å². The van der Waals surface area contributed by atoms with E-state index in [2.05, 4.69) is 10.3 Å². The number of sulfone groups is 1. The van der Waals surface area contributed by atoms with Gasteiger partial charge in [-0.05, 0) is 18.9 Å². The monoisotopic (exact) mass is 285 g/mol. The summed E-state index contributed by atoms with van der Waals surface area (Å²) >= 11 is 0. The summed E-state index contributed by atoms with van der Waals surface area (Å²) in [6.45, 7) is 0.242. The molecule has 0 bridgehead atoms. The highest BCUT2D eigenvalue weighted by molar-refractivity contribution is 7.92. The SMILES string of the molecule is Nc1cc(C(=O)O)cnc1NCC1CCCS1(=O)=O. The van der Waals surface area contributed by atoms with Gasteiger partial charge >= 0.3 is 5.97 Å². The molecule has 1 aliphatic rings. The summed E-state index contributed by atoms with van der Waals surface area (Å²) < 4.78 is 23.3. The predicted octanol–water partition coefficient (Wildman–Crippen LogP) is 0.351. The Morgan fingerprint density at radius 3 is 2.84 bits per heavy atom. The van der Waals surface area contributed by atoms with Crippen molar-refractivity contribution in [3.63, 3.8) is 0 Å². The minimum Gasteiger partial charge on any atom is -0.478 e. The normalized spacial score (nSPS) is 21.2. The summed E-state index contributed by atoms with van der Waals surface area (Å²) in [6.07, 6.45) is 2.49. The molecule has 1 aromatic heterocycles. The molecule has 0 saturated carbocycles. The fourth-order valence-corrected chi connectivity index (χ4v) is 3.81. The molecule has 2 rings (SSSR count). The molecule has 0 aliphatic carbocycles. The number of nitrogens with one attached hydrogen (secondary N) is 1. The number of rotatable bonds is 4. The van der Waals surface area contributed by atoms with Crippen molar-refractivity contribution in [1.82, 2.24) is 4.98 Å². The molecule has 0 radical (unpaired) electrons. The highest BCUT2D eigenvalue weighted by Crippen LogP contribution is 2.22. The van der Waals surface area contributed by atoms with E-state index in [1.807, 2.05) is 0 Å². The number of nitrogen functional groups attached to an aromatic ring is 1. The zero-order valence-electron chi connectivity index (χ0n) is 10.2. The van der Waals surface area contributed by atoms with Gasteiger partial charge < -0.3 is 16.2 Å². The largest absolute Gasteiger partial charge is 0.478 e. The summed E-state index contributed by atoms with van der Waals surface area (Å²) in [6, 6.07) is 1.29. The van der Waals surface area contributed by atoms with Crippen LogP contribution in [0.1, 0.15) is 23.2 Å². The van der Waals surface area contributed by atoms with Gasteiger partial charge in [0.1, 0.15) is 5.82 Å². The number of hydrogen-bond acceptors (Lipinski definition) is 6. The summed E-state index contributed by atoms with van der Waals surface area (Å²) in [5, 5.41) is 11.2. The Kier molecular flexibility index (Phi) is 3.61. The molecule has 1 aromatic rings. The van der Waals surface area contributed by atoms with Crippen LogP contribution in [0.3, 0.4) is 0 Å². The van der Waals surface area contributed by atoms with Crippen molar-refractivity contribution in [2.75, 3.05) is 23.3 Å². The van der Waals surface area contributed by atoms with Gasteiger partial charge in [-0.15, -0.1) is 0 Å². The molecule has 7 nitrogen and oxygen atoms in total. The summed E-state index contributed by atoms with van der Waals surface area (Å²) in [7, 11) is -3.02. The van der Waals surface area contributed by atoms with Gasteiger partial charge in [0, 0.05) is 12.7 Å².